The molecule has 0 radical (unpaired) electrons. The van der Waals surface area contributed by atoms with Crippen LogP contribution < -0.4 is 0 Å². The predicted molar refractivity (Wildman–Crippen MR) is 73.4 cm³/mol. The average Bonchev–Trinajstić information content (AvgIpc) is 2.85. The van der Waals surface area contributed by atoms with Crippen LogP contribution in [0.15, 0.2) is 39.4 Å². The molecule has 1 aromatic rings. The third-order valence-corrected chi connectivity index (χ3v) is 3.74. The van der Waals surface area contributed by atoms with Crippen LogP contribution in [-0.2, 0) is 4.79 Å². The van der Waals surface area contributed by atoms with Gasteiger partial charge in [-0.15, -0.1) is 0 Å². The number of carbonyl (C=O) groups excluding carboxylic acids is 1. The second kappa shape index (κ2) is 4.89. The normalized spacial score (nSPS) is 19.5. The van der Waals surface area contributed by atoms with Crippen molar-refractivity contribution in [2.45, 2.75) is 6.92 Å². The van der Waals surface area contributed by atoms with Crippen LogP contribution >= 0.6 is 24.0 Å². The molecule has 0 unspecified atom stereocenters. The molecular formula is C12H11NO2S2. The molecule has 2 heterocycles. The maximum Gasteiger partial charge on any atom is 0.265 e. The number of thioether (sulfide) groups is 1. The zero-order chi connectivity index (χ0) is 12.4. The molecule has 2 rings (SSSR count). The number of allylic oxidation sites excluding steroid dienone is 2. The van der Waals surface area contributed by atoms with Gasteiger partial charge in [-0.1, -0.05) is 24.0 Å². The van der Waals surface area contributed by atoms with Gasteiger partial charge >= 0.3 is 0 Å². The minimum Gasteiger partial charge on any atom is -0.465 e. The van der Waals surface area contributed by atoms with E-state index in [-0.39, 0.29) is 5.91 Å². The lowest BCUT2D eigenvalue weighted by Gasteiger charge is -2.03. The number of hydrogen-bond donors (Lipinski definition) is 0. The molecule has 3 nitrogen and oxygen atoms in total. The monoisotopic (exact) mass is 265 g/mol. The van der Waals surface area contributed by atoms with Crippen LogP contribution in [0, 0.1) is 0 Å². The molecule has 0 atom stereocenters. The Morgan fingerprint density at radius 1 is 1.59 bits per heavy atom. The van der Waals surface area contributed by atoms with E-state index in [1.165, 1.54) is 16.7 Å². The highest BCUT2D eigenvalue weighted by Crippen LogP contribution is 2.30. The second-order valence-corrected chi connectivity index (χ2v) is 5.32. The Bertz CT molecular complexity index is 515. The first-order valence-electron chi connectivity index (χ1n) is 5.01. The van der Waals surface area contributed by atoms with Crippen molar-refractivity contribution in [3.63, 3.8) is 0 Å². The summed E-state index contributed by atoms with van der Waals surface area (Å²) < 4.78 is 5.79. The summed E-state index contributed by atoms with van der Waals surface area (Å²) in [7, 11) is 1.68. The van der Waals surface area contributed by atoms with E-state index < -0.39 is 0 Å². The topological polar surface area (TPSA) is 33.5 Å². The van der Waals surface area contributed by atoms with Gasteiger partial charge < -0.3 is 4.42 Å². The summed E-state index contributed by atoms with van der Waals surface area (Å²) in [5.74, 6) is 0.720. The van der Waals surface area contributed by atoms with Crippen molar-refractivity contribution < 1.29 is 9.21 Å². The van der Waals surface area contributed by atoms with Gasteiger partial charge in [0.2, 0.25) is 0 Å². The molecule has 88 valence electrons. The molecule has 1 saturated heterocycles. The van der Waals surface area contributed by atoms with Gasteiger partial charge in [0, 0.05) is 7.05 Å². The van der Waals surface area contributed by atoms with Crippen molar-refractivity contribution in [3.8, 4) is 0 Å². The van der Waals surface area contributed by atoms with Crippen LogP contribution in [0.2, 0.25) is 0 Å². The molecule has 0 N–H and O–H groups in total. The van der Waals surface area contributed by atoms with E-state index >= 15 is 0 Å². The van der Waals surface area contributed by atoms with Crippen molar-refractivity contribution in [1.29, 1.82) is 0 Å². The molecule has 1 fully saturated rings. The van der Waals surface area contributed by atoms with Crippen LogP contribution in [0.3, 0.4) is 0 Å². The first kappa shape index (κ1) is 12.1. The molecule has 0 saturated carbocycles. The zero-order valence-electron chi connectivity index (χ0n) is 9.47. The second-order valence-electron chi connectivity index (χ2n) is 3.64. The number of hydrogen-bond acceptors (Lipinski definition) is 4. The van der Waals surface area contributed by atoms with Gasteiger partial charge in [0.1, 0.15) is 10.1 Å². The van der Waals surface area contributed by atoms with Crippen molar-refractivity contribution in [3.05, 3.63) is 40.7 Å². The number of furan rings is 1. The molecular weight excluding hydrogens is 254 g/mol. The molecule has 1 amide bonds. The van der Waals surface area contributed by atoms with Gasteiger partial charge in [0.25, 0.3) is 5.91 Å². The lowest BCUT2D eigenvalue weighted by Crippen LogP contribution is -2.22. The van der Waals surface area contributed by atoms with Crippen LogP contribution in [0.1, 0.15) is 12.7 Å². The van der Waals surface area contributed by atoms with Crippen LogP contribution in [0.4, 0.5) is 0 Å². The van der Waals surface area contributed by atoms with Gasteiger partial charge in [0.15, 0.2) is 0 Å². The highest BCUT2D eigenvalue weighted by Gasteiger charge is 2.28. The number of amides is 1. The lowest BCUT2D eigenvalue weighted by atomic mass is 10.2. The number of rotatable bonds is 2. The van der Waals surface area contributed by atoms with Gasteiger partial charge in [-0.05, 0) is 36.8 Å². The van der Waals surface area contributed by atoms with E-state index in [4.69, 9.17) is 16.6 Å². The first-order chi connectivity index (χ1) is 8.08. The quantitative estimate of drug-likeness (QED) is 0.608. The molecule has 5 heteroatoms. The highest BCUT2D eigenvalue weighted by molar-refractivity contribution is 8.26. The fourth-order valence-electron chi connectivity index (χ4n) is 1.39. The SMILES string of the molecule is CC(=Cc1ccco1)C=C1SC(=S)N(C)C1=O. The Hall–Kier alpha value is -1.33. The van der Waals surface area contributed by atoms with E-state index in [2.05, 4.69) is 0 Å². The molecule has 1 aromatic heterocycles. The number of carbonyl (C=O) groups is 1. The first-order valence-corrected chi connectivity index (χ1v) is 6.24. The molecule has 1 aliphatic rings. The maximum absolute atomic E-state index is 11.8. The summed E-state index contributed by atoms with van der Waals surface area (Å²) >= 11 is 6.37. The average molecular weight is 265 g/mol. The maximum atomic E-state index is 11.8. The van der Waals surface area contributed by atoms with E-state index in [0.29, 0.717) is 9.23 Å². The Morgan fingerprint density at radius 3 is 2.88 bits per heavy atom. The smallest absolute Gasteiger partial charge is 0.265 e. The summed E-state index contributed by atoms with van der Waals surface area (Å²) in [6.07, 6.45) is 5.32. The Morgan fingerprint density at radius 2 is 2.35 bits per heavy atom. The third kappa shape index (κ3) is 2.68. The summed E-state index contributed by atoms with van der Waals surface area (Å²) in [5.41, 5.74) is 0.953. The predicted octanol–water partition coefficient (Wildman–Crippen LogP) is 3.06. The van der Waals surface area contributed by atoms with E-state index in [1.807, 2.05) is 31.2 Å². The molecule has 1 aliphatic heterocycles. The standard InChI is InChI=1S/C12H11NO2S2/c1-8(6-9-4-3-5-15-9)7-10-11(14)13(2)12(16)17-10/h3-7H,1-2H3. The fraction of sp³-hybridized carbons (Fsp3) is 0.167. The Labute approximate surface area is 109 Å². The minimum atomic E-state index is -0.0489. The molecule has 0 bridgehead atoms. The molecule has 0 spiro atoms. The zero-order valence-corrected chi connectivity index (χ0v) is 11.1. The summed E-state index contributed by atoms with van der Waals surface area (Å²) in [5, 5.41) is 0. The number of nitrogens with zero attached hydrogens (tertiary/aromatic N) is 1. The minimum absolute atomic E-state index is 0.0489. The van der Waals surface area contributed by atoms with Crippen LogP contribution in [-0.4, -0.2) is 22.2 Å². The van der Waals surface area contributed by atoms with E-state index in [9.17, 15) is 4.79 Å². The molecule has 0 aliphatic carbocycles. The van der Waals surface area contributed by atoms with Crippen molar-refractivity contribution in [2.24, 2.45) is 0 Å². The van der Waals surface area contributed by atoms with Crippen molar-refractivity contribution in [2.75, 3.05) is 7.05 Å². The van der Waals surface area contributed by atoms with Gasteiger partial charge in [-0.3, -0.25) is 9.69 Å². The number of thiocarbonyl (C=S) groups is 1. The van der Waals surface area contributed by atoms with Gasteiger partial charge in [-0.2, -0.15) is 0 Å². The lowest BCUT2D eigenvalue weighted by molar-refractivity contribution is -0.121. The summed E-state index contributed by atoms with van der Waals surface area (Å²) in [6.45, 7) is 1.92. The van der Waals surface area contributed by atoms with E-state index in [1.54, 1.807) is 13.3 Å². The van der Waals surface area contributed by atoms with Crippen LogP contribution in [0.5, 0.6) is 0 Å². The molecule has 17 heavy (non-hydrogen) atoms. The summed E-state index contributed by atoms with van der Waals surface area (Å²) in [6, 6.07) is 3.69. The van der Waals surface area contributed by atoms with E-state index in [0.717, 1.165) is 11.3 Å². The van der Waals surface area contributed by atoms with Crippen LogP contribution in [0.25, 0.3) is 6.08 Å². The Kier molecular flexibility index (Phi) is 3.49. The largest absolute Gasteiger partial charge is 0.465 e. The van der Waals surface area contributed by atoms with Gasteiger partial charge in [-0.25, -0.2) is 0 Å². The Balaban J connectivity index is 2.21. The van der Waals surface area contributed by atoms with Crippen molar-refractivity contribution >= 4 is 40.3 Å². The van der Waals surface area contributed by atoms with Crippen molar-refractivity contribution in [1.82, 2.24) is 4.90 Å². The fourth-order valence-corrected chi connectivity index (χ4v) is 2.62. The van der Waals surface area contributed by atoms with Gasteiger partial charge in [0.05, 0.1) is 11.2 Å². The summed E-state index contributed by atoms with van der Waals surface area (Å²) in [4.78, 5) is 13.9. The number of likely N-dealkylation sites (N-methyl/N-ethyl adjacent to an activating group) is 1. The highest BCUT2D eigenvalue weighted by atomic mass is 32.2. The molecule has 0 aromatic carbocycles. The third-order valence-electron chi connectivity index (χ3n) is 2.26.